The first kappa shape index (κ1) is 35.0. The second-order valence-electron chi connectivity index (χ2n) is 12.9. The Labute approximate surface area is 291 Å². The highest BCUT2D eigenvalue weighted by Crippen LogP contribution is 2.53. The number of hydrogen-bond acceptors (Lipinski definition) is 11. The first-order valence-corrected chi connectivity index (χ1v) is 16.8. The summed E-state index contributed by atoms with van der Waals surface area (Å²) in [5.74, 6) is -0.615. The number of anilines is 5. The number of carbonyl (C=O) groups excluding carboxylic acids is 2. The Hall–Kier alpha value is -4.34. The van der Waals surface area contributed by atoms with Crippen molar-refractivity contribution in [2.45, 2.75) is 45.1 Å². The van der Waals surface area contributed by atoms with Crippen molar-refractivity contribution in [1.82, 2.24) is 30.0 Å². The highest BCUT2D eigenvalue weighted by Gasteiger charge is 2.53. The number of rotatable bonds is 13. The molecule has 1 fully saturated rings. The van der Waals surface area contributed by atoms with Crippen molar-refractivity contribution in [2.24, 2.45) is 16.6 Å². The summed E-state index contributed by atoms with van der Waals surface area (Å²) in [4.78, 5) is 45.1. The van der Waals surface area contributed by atoms with Gasteiger partial charge in [0, 0.05) is 55.4 Å². The molecule has 0 radical (unpaired) electrons. The fraction of sp³-hybridized carbons (Fsp3) is 0.333. The van der Waals surface area contributed by atoms with E-state index < -0.39 is 11.7 Å². The standard InChI is InChI=1S/C33H38BrFN10O2S/c1-32(2)18-33(3,4)29(32)44-28(47)19-15-38-31(39-16-19)45(5)14-13-40-48-21-11-9-20(10-12-21)41-30-37-17-22(34)27(43-30)42-24-8-6-7-23(35)25(24)26(36)46/h6-12,15-17,29,40H,13-14,18H2,1-5H3,(H2,36,46)(H,44,47)(H2,37,41,42,43). The van der Waals surface area contributed by atoms with Crippen LogP contribution in [-0.4, -0.2) is 57.9 Å². The van der Waals surface area contributed by atoms with Crippen LogP contribution >= 0.6 is 27.9 Å². The Kier molecular flexibility index (Phi) is 10.5. The molecular formula is C33H38BrFN10O2S. The fourth-order valence-corrected chi connectivity index (χ4v) is 7.17. The number of nitrogens with one attached hydrogen (secondary N) is 4. The van der Waals surface area contributed by atoms with Gasteiger partial charge in [0.05, 0.1) is 21.3 Å². The van der Waals surface area contributed by atoms with Gasteiger partial charge in [-0.1, -0.05) is 33.8 Å². The number of amides is 2. The fourth-order valence-electron chi connectivity index (χ4n) is 6.25. The molecule has 5 rings (SSSR count). The molecule has 15 heteroatoms. The number of hydrogen-bond donors (Lipinski definition) is 5. The van der Waals surface area contributed by atoms with Gasteiger partial charge in [-0.2, -0.15) is 4.98 Å². The van der Waals surface area contributed by atoms with Crippen LogP contribution < -0.4 is 31.3 Å². The third-order valence-corrected chi connectivity index (χ3v) is 9.54. The molecule has 2 aromatic carbocycles. The van der Waals surface area contributed by atoms with Crippen LogP contribution in [0.25, 0.3) is 0 Å². The molecule has 12 nitrogen and oxygen atoms in total. The molecule has 1 aliphatic carbocycles. The third-order valence-electron chi connectivity index (χ3n) is 8.10. The van der Waals surface area contributed by atoms with Crippen molar-refractivity contribution in [3.63, 3.8) is 0 Å². The predicted molar refractivity (Wildman–Crippen MR) is 190 cm³/mol. The van der Waals surface area contributed by atoms with Gasteiger partial charge in [-0.05, 0) is 81.5 Å². The van der Waals surface area contributed by atoms with E-state index >= 15 is 0 Å². The summed E-state index contributed by atoms with van der Waals surface area (Å²) < 4.78 is 18.0. The monoisotopic (exact) mass is 736 g/mol. The van der Waals surface area contributed by atoms with E-state index in [2.05, 4.69) is 84.2 Å². The van der Waals surface area contributed by atoms with Crippen molar-refractivity contribution in [3.05, 3.63) is 82.5 Å². The summed E-state index contributed by atoms with van der Waals surface area (Å²) in [6.07, 6.45) is 5.75. The molecule has 1 aliphatic rings. The number of nitrogens with two attached hydrogens (primary N) is 1. The van der Waals surface area contributed by atoms with Crippen LogP contribution in [0.2, 0.25) is 0 Å². The largest absolute Gasteiger partial charge is 0.365 e. The lowest BCUT2D eigenvalue weighted by atomic mass is 9.52. The maximum absolute atomic E-state index is 14.2. The topological polar surface area (TPSA) is 163 Å². The first-order valence-electron chi connectivity index (χ1n) is 15.2. The number of nitrogens with zero attached hydrogens (tertiary/aromatic N) is 5. The summed E-state index contributed by atoms with van der Waals surface area (Å²) in [7, 11) is 1.90. The minimum Gasteiger partial charge on any atom is -0.365 e. The van der Waals surface area contributed by atoms with Crippen LogP contribution in [-0.2, 0) is 0 Å². The second-order valence-corrected chi connectivity index (χ2v) is 14.8. The van der Waals surface area contributed by atoms with Crippen molar-refractivity contribution in [2.75, 3.05) is 35.7 Å². The Morgan fingerprint density at radius 2 is 1.71 bits per heavy atom. The smallest absolute Gasteiger partial charge is 0.254 e. The quantitative estimate of drug-likeness (QED) is 0.0803. The molecule has 1 saturated carbocycles. The maximum atomic E-state index is 14.2. The minimum atomic E-state index is -0.891. The number of benzene rings is 2. The van der Waals surface area contributed by atoms with E-state index in [0.717, 1.165) is 17.0 Å². The molecule has 48 heavy (non-hydrogen) atoms. The SMILES string of the molecule is CN(CCNSc1ccc(Nc2ncc(Br)c(Nc3cccc(F)c3C(N)=O)n2)cc1)c1ncc(C(=O)NC2C(C)(C)CC2(C)C)cn1. The summed E-state index contributed by atoms with van der Waals surface area (Å²) in [5, 5.41) is 9.26. The summed E-state index contributed by atoms with van der Waals surface area (Å²) in [6, 6.07) is 12.0. The summed E-state index contributed by atoms with van der Waals surface area (Å²) >= 11 is 4.87. The van der Waals surface area contributed by atoms with Crippen LogP contribution in [0.3, 0.4) is 0 Å². The number of primary amides is 1. The van der Waals surface area contributed by atoms with Gasteiger partial charge in [0.2, 0.25) is 11.9 Å². The lowest BCUT2D eigenvalue weighted by molar-refractivity contribution is -0.0366. The first-order chi connectivity index (χ1) is 22.7. The number of aromatic nitrogens is 4. The Morgan fingerprint density at radius 3 is 2.35 bits per heavy atom. The van der Waals surface area contributed by atoms with E-state index in [1.807, 2.05) is 36.2 Å². The molecular weight excluding hydrogens is 699 g/mol. The van der Waals surface area contributed by atoms with E-state index in [1.54, 1.807) is 18.6 Å². The van der Waals surface area contributed by atoms with Gasteiger partial charge in [-0.15, -0.1) is 0 Å². The average molecular weight is 738 g/mol. The van der Waals surface area contributed by atoms with Crippen molar-refractivity contribution < 1.29 is 14.0 Å². The molecule has 0 unspecified atom stereocenters. The van der Waals surface area contributed by atoms with E-state index in [1.165, 1.54) is 30.1 Å². The van der Waals surface area contributed by atoms with E-state index in [0.29, 0.717) is 40.8 Å². The molecule has 2 heterocycles. The van der Waals surface area contributed by atoms with Gasteiger partial charge < -0.3 is 26.6 Å². The molecule has 0 spiro atoms. The third kappa shape index (κ3) is 8.20. The van der Waals surface area contributed by atoms with E-state index in [-0.39, 0.29) is 34.0 Å². The second kappa shape index (κ2) is 14.4. The Balaban J connectivity index is 1.08. The van der Waals surface area contributed by atoms with E-state index in [9.17, 15) is 14.0 Å². The van der Waals surface area contributed by atoms with Gasteiger partial charge in [0.25, 0.3) is 11.8 Å². The zero-order chi connectivity index (χ0) is 34.6. The molecule has 252 valence electrons. The minimum absolute atomic E-state index is 0.0655. The van der Waals surface area contributed by atoms with Crippen LogP contribution in [0.4, 0.5) is 33.5 Å². The highest BCUT2D eigenvalue weighted by atomic mass is 79.9. The predicted octanol–water partition coefficient (Wildman–Crippen LogP) is 6.04. The van der Waals surface area contributed by atoms with Gasteiger partial charge >= 0.3 is 0 Å². The van der Waals surface area contributed by atoms with Gasteiger partial charge in [0.15, 0.2) is 0 Å². The van der Waals surface area contributed by atoms with Crippen molar-refractivity contribution >= 4 is 68.8 Å². The van der Waals surface area contributed by atoms with Crippen LogP contribution in [0.15, 0.2) is 70.4 Å². The molecule has 0 aliphatic heterocycles. The van der Waals surface area contributed by atoms with Gasteiger partial charge in [0.1, 0.15) is 11.6 Å². The summed E-state index contributed by atoms with van der Waals surface area (Å²) in [6.45, 7) is 10.0. The molecule has 0 atom stereocenters. The normalized spacial score (nSPS) is 14.9. The number of carbonyl (C=O) groups is 2. The molecule has 4 aromatic rings. The van der Waals surface area contributed by atoms with E-state index in [4.69, 9.17) is 5.73 Å². The van der Waals surface area contributed by atoms with Crippen molar-refractivity contribution in [1.29, 1.82) is 0 Å². The molecule has 6 N–H and O–H groups in total. The number of halogens is 2. The Morgan fingerprint density at radius 1 is 1.02 bits per heavy atom. The molecule has 2 amide bonds. The maximum Gasteiger partial charge on any atom is 0.254 e. The number of likely N-dealkylation sites (N-methyl/N-ethyl adjacent to an activating group) is 1. The Bertz CT molecular complexity index is 1780. The van der Waals surface area contributed by atoms with Crippen LogP contribution in [0.1, 0.15) is 54.8 Å². The van der Waals surface area contributed by atoms with Gasteiger partial charge in [-0.3, -0.25) is 14.3 Å². The van der Waals surface area contributed by atoms with Crippen molar-refractivity contribution in [3.8, 4) is 0 Å². The highest BCUT2D eigenvalue weighted by molar-refractivity contribution is 9.10. The molecule has 0 bridgehead atoms. The lowest BCUT2D eigenvalue weighted by Crippen LogP contribution is -2.63. The lowest BCUT2D eigenvalue weighted by Gasteiger charge is -2.57. The average Bonchev–Trinajstić information content (AvgIpc) is 3.03. The van der Waals surface area contributed by atoms with Crippen LogP contribution in [0, 0.1) is 16.6 Å². The zero-order valence-electron chi connectivity index (χ0n) is 27.3. The summed E-state index contributed by atoms with van der Waals surface area (Å²) in [5.41, 5.74) is 6.63. The van der Waals surface area contributed by atoms with Gasteiger partial charge in [-0.25, -0.2) is 19.3 Å². The molecule has 2 aromatic heterocycles. The molecule has 0 saturated heterocycles. The zero-order valence-corrected chi connectivity index (χ0v) is 29.7. The van der Waals surface area contributed by atoms with Crippen LogP contribution in [0.5, 0.6) is 0 Å².